The number of para-hydroxylation sites is 1. The maximum atomic E-state index is 12.0. The van der Waals surface area contributed by atoms with Crippen molar-refractivity contribution in [1.29, 1.82) is 0 Å². The van der Waals surface area contributed by atoms with Crippen LogP contribution in [0.1, 0.15) is 11.3 Å². The van der Waals surface area contributed by atoms with Gasteiger partial charge < -0.3 is 9.84 Å². The van der Waals surface area contributed by atoms with Crippen molar-refractivity contribution >= 4 is 40.1 Å². The quantitative estimate of drug-likeness (QED) is 0.784. The van der Waals surface area contributed by atoms with Gasteiger partial charge in [0, 0.05) is 22.0 Å². The van der Waals surface area contributed by atoms with Crippen LogP contribution in [0.3, 0.4) is 0 Å². The lowest BCUT2D eigenvalue weighted by molar-refractivity contribution is -0.120. The Balaban J connectivity index is 1.65. The highest BCUT2D eigenvalue weighted by Gasteiger charge is 2.12. The summed E-state index contributed by atoms with van der Waals surface area (Å²) in [5, 5.41) is 8.69. The van der Waals surface area contributed by atoms with E-state index in [1.165, 1.54) is 0 Å². The third-order valence-electron chi connectivity index (χ3n) is 3.27. The van der Waals surface area contributed by atoms with Gasteiger partial charge in [-0.2, -0.15) is 0 Å². The minimum absolute atomic E-state index is 0.148. The number of nitrogens with zero attached hydrogens (tertiary/aromatic N) is 1. The van der Waals surface area contributed by atoms with Crippen molar-refractivity contribution in [1.82, 2.24) is 10.5 Å². The molecule has 0 aliphatic rings. The first-order valence-corrected chi connectivity index (χ1v) is 7.43. The molecule has 0 unspecified atom stereocenters. The molecule has 2 aromatic carbocycles. The smallest absolute Gasteiger partial charge is 0.226 e. The molecule has 6 heteroatoms. The van der Waals surface area contributed by atoms with Crippen LogP contribution < -0.4 is 5.32 Å². The van der Waals surface area contributed by atoms with Gasteiger partial charge in [0.15, 0.2) is 5.58 Å². The summed E-state index contributed by atoms with van der Waals surface area (Å²) in [7, 11) is 0. The molecule has 0 fully saturated rings. The van der Waals surface area contributed by atoms with Crippen molar-refractivity contribution in [2.45, 2.75) is 13.0 Å². The molecule has 22 heavy (non-hydrogen) atoms. The van der Waals surface area contributed by atoms with Gasteiger partial charge in [0.05, 0.1) is 6.42 Å². The van der Waals surface area contributed by atoms with E-state index < -0.39 is 0 Å². The van der Waals surface area contributed by atoms with Crippen molar-refractivity contribution < 1.29 is 9.32 Å². The summed E-state index contributed by atoms with van der Waals surface area (Å²) < 4.78 is 5.18. The molecule has 1 amide bonds. The standard InChI is InChI=1S/C16H12Cl2N2O2/c17-11-6-5-10(13(18)7-11)9-19-16(21)8-14-12-3-1-2-4-15(12)22-20-14/h1-7H,8-9H2,(H,19,21). The fraction of sp³-hybridized carbons (Fsp3) is 0.125. The summed E-state index contributed by atoms with van der Waals surface area (Å²) in [6, 6.07) is 12.6. The molecule has 4 nitrogen and oxygen atoms in total. The molecule has 1 aromatic heterocycles. The topological polar surface area (TPSA) is 55.1 Å². The number of rotatable bonds is 4. The molecule has 0 bridgehead atoms. The van der Waals surface area contributed by atoms with Gasteiger partial charge in [0.1, 0.15) is 5.69 Å². The second kappa shape index (κ2) is 6.38. The number of hydrogen-bond donors (Lipinski definition) is 1. The normalized spacial score (nSPS) is 10.8. The molecular formula is C16H12Cl2N2O2. The molecule has 0 atom stereocenters. The van der Waals surface area contributed by atoms with Gasteiger partial charge in [-0.05, 0) is 29.8 Å². The minimum Gasteiger partial charge on any atom is -0.356 e. The Kier molecular flexibility index (Phi) is 4.32. The average Bonchev–Trinajstić information content (AvgIpc) is 2.90. The Morgan fingerprint density at radius 1 is 1.18 bits per heavy atom. The molecule has 1 heterocycles. The Labute approximate surface area is 137 Å². The van der Waals surface area contributed by atoms with E-state index in [-0.39, 0.29) is 12.3 Å². The largest absolute Gasteiger partial charge is 0.356 e. The molecule has 0 saturated heterocycles. The molecule has 0 radical (unpaired) electrons. The van der Waals surface area contributed by atoms with Gasteiger partial charge in [-0.25, -0.2) is 0 Å². The van der Waals surface area contributed by atoms with Crippen LogP contribution in [0.25, 0.3) is 11.0 Å². The maximum absolute atomic E-state index is 12.0. The number of carbonyl (C=O) groups is 1. The summed E-state index contributed by atoms with van der Waals surface area (Å²) in [6.45, 7) is 0.338. The van der Waals surface area contributed by atoms with Crippen molar-refractivity contribution in [3.05, 3.63) is 63.8 Å². The van der Waals surface area contributed by atoms with Crippen molar-refractivity contribution in [3.63, 3.8) is 0 Å². The number of halogens is 2. The van der Waals surface area contributed by atoms with Gasteiger partial charge in [-0.3, -0.25) is 4.79 Å². The summed E-state index contributed by atoms with van der Waals surface area (Å²) in [6.07, 6.45) is 0.155. The van der Waals surface area contributed by atoms with Crippen LogP contribution in [0.4, 0.5) is 0 Å². The summed E-state index contributed by atoms with van der Waals surface area (Å²) in [4.78, 5) is 12.0. The zero-order valence-electron chi connectivity index (χ0n) is 11.5. The lowest BCUT2D eigenvalue weighted by Crippen LogP contribution is -2.24. The van der Waals surface area contributed by atoms with E-state index in [0.29, 0.717) is 27.9 Å². The summed E-state index contributed by atoms with van der Waals surface area (Å²) in [5.41, 5.74) is 2.10. The van der Waals surface area contributed by atoms with E-state index in [1.807, 2.05) is 24.3 Å². The average molecular weight is 335 g/mol. The van der Waals surface area contributed by atoms with Gasteiger partial charge in [0.25, 0.3) is 0 Å². The molecule has 3 aromatic rings. The first kappa shape index (κ1) is 14.9. The number of fused-ring (bicyclic) bond motifs is 1. The molecule has 0 saturated carbocycles. The third-order valence-corrected chi connectivity index (χ3v) is 3.86. The SMILES string of the molecule is O=C(Cc1noc2ccccc12)NCc1ccc(Cl)cc1Cl. The highest BCUT2D eigenvalue weighted by molar-refractivity contribution is 6.35. The number of amides is 1. The zero-order chi connectivity index (χ0) is 15.5. The first-order chi connectivity index (χ1) is 10.6. The number of carbonyl (C=O) groups excluding carboxylic acids is 1. The summed E-state index contributed by atoms with van der Waals surface area (Å²) in [5.74, 6) is -0.148. The number of aromatic nitrogens is 1. The van der Waals surface area contributed by atoms with Gasteiger partial charge in [0.2, 0.25) is 5.91 Å². The van der Waals surface area contributed by atoms with Crippen LogP contribution in [-0.4, -0.2) is 11.1 Å². The van der Waals surface area contributed by atoms with Crippen LogP contribution in [0.2, 0.25) is 10.0 Å². The van der Waals surface area contributed by atoms with E-state index in [4.69, 9.17) is 27.7 Å². The van der Waals surface area contributed by atoms with Crippen molar-refractivity contribution in [2.24, 2.45) is 0 Å². The molecule has 112 valence electrons. The second-order valence-electron chi connectivity index (χ2n) is 4.81. The van der Waals surface area contributed by atoms with Crippen molar-refractivity contribution in [3.8, 4) is 0 Å². The predicted octanol–water partition coefficient (Wildman–Crippen LogP) is 3.99. The Morgan fingerprint density at radius 2 is 2.00 bits per heavy atom. The highest BCUT2D eigenvalue weighted by atomic mass is 35.5. The Bertz CT molecular complexity index is 830. The monoisotopic (exact) mass is 334 g/mol. The van der Waals surface area contributed by atoms with E-state index in [2.05, 4.69) is 10.5 Å². The van der Waals surface area contributed by atoms with Crippen LogP contribution in [0.5, 0.6) is 0 Å². The van der Waals surface area contributed by atoms with E-state index in [1.54, 1.807) is 18.2 Å². The molecule has 0 aliphatic carbocycles. The number of nitrogens with one attached hydrogen (secondary N) is 1. The lowest BCUT2D eigenvalue weighted by Gasteiger charge is -2.06. The Hall–Kier alpha value is -2.04. The zero-order valence-corrected chi connectivity index (χ0v) is 13.0. The fourth-order valence-corrected chi connectivity index (χ4v) is 2.61. The number of benzene rings is 2. The fourth-order valence-electron chi connectivity index (χ4n) is 2.14. The van der Waals surface area contributed by atoms with E-state index in [9.17, 15) is 4.79 Å². The first-order valence-electron chi connectivity index (χ1n) is 6.67. The van der Waals surface area contributed by atoms with Gasteiger partial charge in [-0.15, -0.1) is 0 Å². The highest BCUT2D eigenvalue weighted by Crippen LogP contribution is 2.21. The molecule has 0 aliphatic heterocycles. The lowest BCUT2D eigenvalue weighted by atomic mass is 10.1. The minimum atomic E-state index is -0.148. The molecule has 1 N–H and O–H groups in total. The maximum Gasteiger partial charge on any atom is 0.226 e. The van der Waals surface area contributed by atoms with Gasteiger partial charge in [-0.1, -0.05) is 46.6 Å². The van der Waals surface area contributed by atoms with E-state index in [0.717, 1.165) is 10.9 Å². The van der Waals surface area contributed by atoms with E-state index >= 15 is 0 Å². The second-order valence-corrected chi connectivity index (χ2v) is 5.66. The van der Waals surface area contributed by atoms with Crippen LogP contribution in [0.15, 0.2) is 47.0 Å². The predicted molar refractivity (Wildman–Crippen MR) is 86.0 cm³/mol. The molecule has 3 rings (SSSR count). The number of hydrogen-bond acceptors (Lipinski definition) is 3. The van der Waals surface area contributed by atoms with Gasteiger partial charge >= 0.3 is 0 Å². The molecule has 0 spiro atoms. The Morgan fingerprint density at radius 3 is 2.82 bits per heavy atom. The molecular weight excluding hydrogens is 323 g/mol. The van der Waals surface area contributed by atoms with Crippen LogP contribution in [0, 0.1) is 0 Å². The van der Waals surface area contributed by atoms with Crippen LogP contribution >= 0.6 is 23.2 Å². The third kappa shape index (κ3) is 3.24. The van der Waals surface area contributed by atoms with Crippen molar-refractivity contribution in [2.75, 3.05) is 0 Å². The van der Waals surface area contributed by atoms with Crippen LogP contribution in [-0.2, 0) is 17.8 Å². The summed E-state index contributed by atoms with van der Waals surface area (Å²) >= 11 is 11.9.